The quantitative estimate of drug-likeness (QED) is 0.263. The van der Waals surface area contributed by atoms with E-state index in [0.29, 0.717) is 36.2 Å². The van der Waals surface area contributed by atoms with Gasteiger partial charge in [-0.3, -0.25) is 14.9 Å². The van der Waals surface area contributed by atoms with E-state index in [2.05, 4.69) is 10.5 Å². The van der Waals surface area contributed by atoms with Crippen molar-refractivity contribution in [3.8, 4) is 0 Å². The van der Waals surface area contributed by atoms with Gasteiger partial charge in [-0.2, -0.15) is 0 Å². The van der Waals surface area contributed by atoms with Gasteiger partial charge in [0.25, 0.3) is 11.6 Å². The summed E-state index contributed by atoms with van der Waals surface area (Å²) in [4.78, 5) is 23.3. The number of nitro groups is 1. The Labute approximate surface area is 142 Å². The molecule has 1 amide bonds. The van der Waals surface area contributed by atoms with Crippen molar-refractivity contribution in [2.24, 2.45) is 5.16 Å². The Balaban J connectivity index is 1.85. The van der Waals surface area contributed by atoms with Gasteiger partial charge in [-0.15, -0.1) is 11.3 Å². The van der Waals surface area contributed by atoms with Gasteiger partial charge in [-0.25, -0.2) is 0 Å². The Hall–Kier alpha value is -2.74. The lowest BCUT2D eigenvalue weighted by Gasteiger charge is -2.06. The third-order valence-corrected chi connectivity index (χ3v) is 4.38. The highest BCUT2D eigenvalue weighted by molar-refractivity contribution is 7.12. The minimum absolute atomic E-state index is 0.00806. The molecule has 24 heavy (non-hydrogen) atoms. The van der Waals surface area contributed by atoms with Crippen LogP contribution in [0.25, 0.3) is 0 Å². The van der Waals surface area contributed by atoms with Gasteiger partial charge < -0.3 is 10.5 Å². The summed E-state index contributed by atoms with van der Waals surface area (Å²) in [6.45, 7) is 2.01. The summed E-state index contributed by atoms with van der Waals surface area (Å²) in [5, 5.41) is 27.8. The number of nitro benzene ring substituents is 1. The highest BCUT2D eigenvalue weighted by Crippen LogP contribution is 2.18. The van der Waals surface area contributed by atoms with Crippen LogP contribution in [0.3, 0.4) is 0 Å². The van der Waals surface area contributed by atoms with Crippen LogP contribution < -0.4 is 5.32 Å². The molecule has 0 aliphatic heterocycles. The van der Waals surface area contributed by atoms with Gasteiger partial charge >= 0.3 is 0 Å². The smallest absolute Gasteiger partial charge is 0.272 e. The molecule has 126 valence electrons. The number of aryl methyl sites for hydroxylation is 1. The van der Waals surface area contributed by atoms with Crippen molar-refractivity contribution in [2.45, 2.75) is 19.8 Å². The number of thiophene rings is 1. The summed E-state index contributed by atoms with van der Waals surface area (Å²) >= 11 is 1.49. The molecule has 1 heterocycles. The molecule has 0 spiro atoms. The fraction of sp³-hybridized carbons (Fsp3) is 0.250. The zero-order valence-electron chi connectivity index (χ0n) is 13.1. The van der Waals surface area contributed by atoms with Crippen molar-refractivity contribution in [1.82, 2.24) is 5.32 Å². The molecule has 0 aliphatic carbocycles. The number of nitrogens with one attached hydrogen (secondary N) is 1. The van der Waals surface area contributed by atoms with Crippen molar-refractivity contribution in [2.75, 3.05) is 6.54 Å². The zero-order chi connectivity index (χ0) is 17.5. The van der Waals surface area contributed by atoms with E-state index in [1.54, 1.807) is 6.92 Å². The summed E-state index contributed by atoms with van der Waals surface area (Å²) in [6, 6.07) is 8.02. The molecule has 0 unspecified atom stereocenters. The predicted molar refractivity (Wildman–Crippen MR) is 92.0 cm³/mol. The van der Waals surface area contributed by atoms with E-state index < -0.39 is 4.92 Å². The van der Waals surface area contributed by atoms with Crippen LogP contribution in [-0.2, 0) is 0 Å². The van der Waals surface area contributed by atoms with Crippen LogP contribution in [-0.4, -0.2) is 28.3 Å². The molecule has 0 atom stereocenters. The van der Waals surface area contributed by atoms with E-state index in [4.69, 9.17) is 5.21 Å². The van der Waals surface area contributed by atoms with Gasteiger partial charge in [-0.05, 0) is 43.3 Å². The number of amides is 1. The second-order valence-electron chi connectivity index (χ2n) is 5.14. The Morgan fingerprint density at radius 3 is 2.79 bits per heavy atom. The first-order valence-corrected chi connectivity index (χ1v) is 8.19. The van der Waals surface area contributed by atoms with Gasteiger partial charge in [0.1, 0.15) is 0 Å². The summed E-state index contributed by atoms with van der Waals surface area (Å²) in [6.07, 6.45) is 1.16. The van der Waals surface area contributed by atoms with Crippen molar-refractivity contribution < 1.29 is 14.9 Å². The highest BCUT2D eigenvalue weighted by atomic mass is 32.1. The lowest BCUT2D eigenvalue weighted by atomic mass is 10.1. The number of hydrogen-bond donors (Lipinski definition) is 2. The first-order chi connectivity index (χ1) is 11.5. The van der Waals surface area contributed by atoms with Crippen LogP contribution in [0.15, 0.2) is 40.9 Å². The third-order valence-electron chi connectivity index (χ3n) is 3.46. The van der Waals surface area contributed by atoms with Crippen LogP contribution in [0.1, 0.15) is 33.6 Å². The van der Waals surface area contributed by atoms with Gasteiger partial charge in [0.2, 0.25) is 0 Å². The lowest BCUT2D eigenvalue weighted by Crippen LogP contribution is -2.25. The van der Waals surface area contributed by atoms with E-state index in [1.165, 1.54) is 29.5 Å². The molecule has 7 nitrogen and oxygen atoms in total. The second-order valence-corrected chi connectivity index (χ2v) is 6.09. The van der Waals surface area contributed by atoms with E-state index in [0.717, 1.165) is 4.88 Å². The molecule has 8 heteroatoms. The minimum atomic E-state index is -0.475. The number of rotatable bonds is 7. The first kappa shape index (κ1) is 17.6. The maximum atomic E-state index is 12.1. The maximum absolute atomic E-state index is 12.1. The molecule has 2 rings (SSSR count). The predicted octanol–water partition coefficient (Wildman–Crippen LogP) is 3.35. The fourth-order valence-electron chi connectivity index (χ4n) is 2.23. The Bertz CT molecular complexity index is 757. The molecule has 0 aliphatic rings. The maximum Gasteiger partial charge on any atom is 0.272 e. The van der Waals surface area contributed by atoms with Gasteiger partial charge in [0.05, 0.1) is 15.5 Å². The largest absolute Gasteiger partial charge is 0.411 e. The average Bonchev–Trinajstić information content (AvgIpc) is 3.08. The number of benzene rings is 1. The topological polar surface area (TPSA) is 105 Å². The molecule has 0 radical (unpaired) electrons. The number of carbonyl (C=O) groups excluding carboxylic acids is 1. The first-order valence-electron chi connectivity index (χ1n) is 7.31. The monoisotopic (exact) mass is 347 g/mol. The minimum Gasteiger partial charge on any atom is -0.411 e. The molecule has 0 fully saturated rings. The molecule has 1 aromatic heterocycles. The van der Waals surface area contributed by atoms with Crippen molar-refractivity contribution in [1.29, 1.82) is 0 Å². The van der Waals surface area contributed by atoms with Crippen LogP contribution in [0.2, 0.25) is 0 Å². The second kappa shape index (κ2) is 8.21. The van der Waals surface area contributed by atoms with Gasteiger partial charge in [0, 0.05) is 23.7 Å². The van der Waals surface area contributed by atoms with Crippen LogP contribution in [0.4, 0.5) is 5.69 Å². The molecular formula is C16H17N3O4S. The summed E-state index contributed by atoms with van der Waals surface area (Å²) in [7, 11) is 0. The molecule has 0 saturated heterocycles. The van der Waals surface area contributed by atoms with Crippen molar-refractivity contribution >= 4 is 28.6 Å². The molecule has 0 bridgehead atoms. The van der Waals surface area contributed by atoms with Crippen molar-refractivity contribution in [3.63, 3.8) is 0 Å². The fourth-order valence-corrected chi connectivity index (χ4v) is 2.97. The SMILES string of the molecule is Cc1cc(C(=O)NCCC/C(=N\O)c2cccs2)ccc1[N+](=O)[O-]. The molecule has 1 aromatic carbocycles. The van der Waals surface area contributed by atoms with Crippen LogP contribution in [0, 0.1) is 17.0 Å². The molecule has 0 saturated carbocycles. The number of hydrogen-bond acceptors (Lipinski definition) is 6. The molecule has 2 N–H and O–H groups in total. The van der Waals surface area contributed by atoms with E-state index in [1.807, 2.05) is 17.5 Å². The number of nitrogens with zero attached hydrogens (tertiary/aromatic N) is 2. The van der Waals surface area contributed by atoms with E-state index in [-0.39, 0.29) is 11.6 Å². The molecule has 2 aromatic rings. The Kier molecular flexibility index (Phi) is 6.02. The van der Waals surface area contributed by atoms with Crippen LogP contribution in [0.5, 0.6) is 0 Å². The van der Waals surface area contributed by atoms with Gasteiger partial charge in [0.15, 0.2) is 0 Å². The standard InChI is InChI=1S/C16H17N3O4S/c1-11-10-12(6-7-14(11)19(22)23)16(20)17-8-2-4-13(18-21)15-5-3-9-24-15/h3,5-7,9-10,21H,2,4,8H2,1H3,(H,17,20)/b18-13+. The molecular weight excluding hydrogens is 330 g/mol. The normalized spacial score (nSPS) is 11.3. The highest BCUT2D eigenvalue weighted by Gasteiger charge is 2.13. The van der Waals surface area contributed by atoms with Crippen molar-refractivity contribution in [3.05, 3.63) is 61.8 Å². The third kappa shape index (κ3) is 4.39. The summed E-state index contributed by atoms with van der Waals surface area (Å²) < 4.78 is 0. The van der Waals surface area contributed by atoms with Gasteiger partial charge in [-0.1, -0.05) is 11.2 Å². The Morgan fingerprint density at radius 2 is 2.21 bits per heavy atom. The zero-order valence-corrected chi connectivity index (χ0v) is 13.9. The average molecular weight is 347 g/mol. The summed E-state index contributed by atoms with van der Waals surface area (Å²) in [5.41, 5.74) is 1.41. The lowest BCUT2D eigenvalue weighted by molar-refractivity contribution is -0.385. The van der Waals surface area contributed by atoms with E-state index in [9.17, 15) is 14.9 Å². The Morgan fingerprint density at radius 1 is 1.42 bits per heavy atom. The van der Waals surface area contributed by atoms with Crippen LogP contribution >= 0.6 is 11.3 Å². The number of oxime groups is 1. The summed E-state index contributed by atoms with van der Waals surface area (Å²) in [5.74, 6) is -0.286. The number of carbonyl (C=O) groups is 1. The van der Waals surface area contributed by atoms with E-state index >= 15 is 0 Å².